The topological polar surface area (TPSA) is 26.0 Å². The minimum Gasteiger partial charge on any atom is -0.398 e. The fraction of sp³-hybridized carbons (Fsp3) is 0.400. The molecule has 0 saturated heterocycles. The molecule has 0 heterocycles. The molecule has 0 bridgehead atoms. The first-order valence-corrected chi connectivity index (χ1v) is 7.82. The predicted octanol–water partition coefficient (Wildman–Crippen LogP) is 5.80. The number of anilines is 1. The summed E-state index contributed by atoms with van der Waals surface area (Å²) in [5.74, 6) is 1.06. The molecule has 2 rings (SSSR count). The first-order chi connectivity index (χ1) is 9.81. The highest BCUT2D eigenvalue weighted by Crippen LogP contribution is 2.34. The van der Waals surface area contributed by atoms with Gasteiger partial charge in [-0.1, -0.05) is 45.9 Å². The molecule has 2 aromatic rings. The summed E-state index contributed by atoms with van der Waals surface area (Å²) in [5, 5.41) is 0. The summed E-state index contributed by atoms with van der Waals surface area (Å²) in [7, 11) is 0. The van der Waals surface area contributed by atoms with Crippen LogP contribution in [0.15, 0.2) is 30.3 Å². The maximum Gasteiger partial charge on any atom is 0.0373 e. The Kier molecular flexibility index (Phi) is 4.41. The number of benzene rings is 2. The van der Waals surface area contributed by atoms with Crippen LogP contribution in [0.2, 0.25) is 0 Å². The third kappa shape index (κ3) is 3.12. The molecule has 1 heteroatoms. The minimum absolute atomic E-state index is 0.513. The van der Waals surface area contributed by atoms with Crippen molar-refractivity contribution in [2.24, 2.45) is 0 Å². The molecule has 112 valence electrons. The van der Waals surface area contributed by atoms with Crippen LogP contribution in [0.3, 0.4) is 0 Å². The second-order valence-corrected chi connectivity index (χ2v) is 6.68. The van der Waals surface area contributed by atoms with E-state index in [1.54, 1.807) is 0 Å². The van der Waals surface area contributed by atoms with Gasteiger partial charge in [0.25, 0.3) is 0 Å². The lowest BCUT2D eigenvalue weighted by molar-refractivity contribution is 0.847. The maximum absolute atomic E-state index is 6.10. The van der Waals surface area contributed by atoms with E-state index >= 15 is 0 Å². The third-order valence-electron chi connectivity index (χ3n) is 4.27. The van der Waals surface area contributed by atoms with Crippen LogP contribution in [0.1, 0.15) is 61.8 Å². The lowest BCUT2D eigenvalue weighted by atomic mass is 9.87. The van der Waals surface area contributed by atoms with Crippen LogP contribution < -0.4 is 5.73 Å². The maximum atomic E-state index is 6.10. The molecule has 2 aromatic carbocycles. The van der Waals surface area contributed by atoms with Gasteiger partial charge in [0.2, 0.25) is 0 Å². The molecule has 0 spiro atoms. The summed E-state index contributed by atoms with van der Waals surface area (Å²) in [6.07, 6.45) is 0. The van der Waals surface area contributed by atoms with Crippen molar-refractivity contribution in [1.82, 2.24) is 0 Å². The van der Waals surface area contributed by atoms with E-state index in [0.29, 0.717) is 11.8 Å². The standard InChI is InChI=1S/C20H27N/c1-12(2)16-7-8-18(13(3)4)19(11-16)17-9-14(5)20(21)15(6)10-17/h7-13H,21H2,1-6H3. The normalized spacial score (nSPS) is 11.4. The van der Waals surface area contributed by atoms with Crippen molar-refractivity contribution in [2.75, 3.05) is 5.73 Å². The van der Waals surface area contributed by atoms with Gasteiger partial charge in [-0.2, -0.15) is 0 Å². The molecule has 0 aromatic heterocycles. The average molecular weight is 281 g/mol. The van der Waals surface area contributed by atoms with Crippen LogP contribution in [0.4, 0.5) is 5.69 Å². The van der Waals surface area contributed by atoms with E-state index < -0.39 is 0 Å². The van der Waals surface area contributed by atoms with Gasteiger partial charge in [-0.3, -0.25) is 0 Å². The monoisotopic (exact) mass is 281 g/mol. The average Bonchev–Trinajstić information content (AvgIpc) is 2.43. The molecule has 1 nitrogen and oxygen atoms in total. The zero-order valence-electron chi connectivity index (χ0n) is 14.1. The summed E-state index contributed by atoms with van der Waals surface area (Å²) in [5.41, 5.74) is 14.8. The van der Waals surface area contributed by atoms with E-state index in [4.69, 9.17) is 5.73 Å². The number of nitrogen functional groups attached to an aromatic ring is 1. The largest absolute Gasteiger partial charge is 0.398 e. The summed E-state index contributed by atoms with van der Waals surface area (Å²) >= 11 is 0. The van der Waals surface area contributed by atoms with Crippen molar-refractivity contribution in [3.8, 4) is 11.1 Å². The number of hydrogen-bond acceptors (Lipinski definition) is 1. The zero-order chi connectivity index (χ0) is 15.7. The molecule has 0 amide bonds. The fourth-order valence-electron chi connectivity index (χ4n) is 2.82. The Morgan fingerprint density at radius 3 is 1.86 bits per heavy atom. The first-order valence-electron chi connectivity index (χ1n) is 7.82. The van der Waals surface area contributed by atoms with E-state index in [1.807, 2.05) is 0 Å². The molecular formula is C20H27N. The second-order valence-electron chi connectivity index (χ2n) is 6.68. The van der Waals surface area contributed by atoms with Gasteiger partial charge in [0, 0.05) is 5.69 Å². The highest BCUT2D eigenvalue weighted by atomic mass is 14.6. The Morgan fingerprint density at radius 2 is 1.38 bits per heavy atom. The van der Waals surface area contributed by atoms with Crippen molar-refractivity contribution in [3.05, 3.63) is 52.6 Å². The van der Waals surface area contributed by atoms with Gasteiger partial charge in [0.05, 0.1) is 0 Å². The first kappa shape index (κ1) is 15.6. The SMILES string of the molecule is Cc1cc(-c2cc(C(C)C)ccc2C(C)C)cc(C)c1N. The van der Waals surface area contributed by atoms with Crippen molar-refractivity contribution in [2.45, 2.75) is 53.4 Å². The summed E-state index contributed by atoms with van der Waals surface area (Å²) < 4.78 is 0. The summed E-state index contributed by atoms with van der Waals surface area (Å²) in [6.45, 7) is 13.2. The molecular weight excluding hydrogens is 254 g/mol. The van der Waals surface area contributed by atoms with E-state index in [2.05, 4.69) is 71.9 Å². The highest BCUT2D eigenvalue weighted by Gasteiger charge is 2.13. The van der Waals surface area contributed by atoms with Gasteiger partial charge >= 0.3 is 0 Å². The number of hydrogen-bond donors (Lipinski definition) is 1. The minimum atomic E-state index is 0.513. The lowest BCUT2D eigenvalue weighted by Gasteiger charge is -2.18. The Labute approximate surface area is 129 Å². The van der Waals surface area contributed by atoms with E-state index in [-0.39, 0.29) is 0 Å². The van der Waals surface area contributed by atoms with E-state index in [0.717, 1.165) is 16.8 Å². The van der Waals surface area contributed by atoms with Crippen LogP contribution in [-0.2, 0) is 0 Å². The van der Waals surface area contributed by atoms with Crippen LogP contribution in [-0.4, -0.2) is 0 Å². The molecule has 0 aliphatic rings. The Balaban J connectivity index is 2.68. The van der Waals surface area contributed by atoms with Gasteiger partial charge in [0.1, 0.15) is 0 Å². The number of aryl methyl sites for hydroxylation is 2. The summed E-state index contributed by atoms with van der Waals surface area (Å²) in [4.78, 5) is 0. The zero-order valence-corrected chi connectivity index (χ0v) is 14.1. The van der Waals surface area contributed by atoms with Crippen LogP contribution in [0.25, 0.3) is 11.1 Å². The van der Waals surface area contributed by atoms with Crippen LogP contribution in [0, 0.1) is 13.8 Å². The van der Waals surface area contributed by atoms with Crippen molar-refractivity contribution in [1.29, 1.82) is 0 Å². The van der Waals surface area contributed by atoms with Gasteiger partial charge in [-0.05, 0) is 71.2 Å². The molecule has 0 radical (unpaired) electrons. The van der Waals surface area contributed by atoms with Crippen molar-refractivity contribution in [3.63, 3.8) is 0 Å². The molecule has 21 heavy (non-hydrogen) atoms. The van der Waals surface area contributed by atoms with E-state index in [1.165, 1.54) is 22.3 Å². The Hall–Kier alpha value is -1.76. The lowest BCUT2D eigenvalue weighted by Crippen LogP contribution is -1.99. The quantitative estimate of drug-likeness (QED) is 0.707. The molecule has 0 saturated carbocycles. The molecule has 0 aliphatic heterocycles. The Bertz CT molecular complexity index is 628. The number of nitrogens with two attached hydrogens (primary N) is 1. The summed E-state index contributed by atoms with van der Waals surface area (Å²) in [6, 6.07) is 11.3. The van der Waals surface area contributed by atoms with E-state index in [9.17, 15) is 0 Å². The predicted molar refractivity (Wildman–Crippen MR) is 93.9 cm³/mol. The van der Waals surface area contributed by atoms with Crippen molar-refractivity contribution >= 4 is 5.69 Å². The van der Waals surface area contributed by atoms with Crippen molar-refractivity contribution < 1.29 is 0 Å². The fourth-order valence-corrected chi connectivity index (χ4v) is 2.82. The molecule has 0 atom stereocenters. The van der Waals surface area contributed by atoms with Gasteiger partial charge < -0.3 is 5.73 Å². The Morgan fingerprint density at radius 1 is 0.810 bits per heavy atom. The molecule has 0 unspecified atom stereocenters. The molecule has 0 aliphatic carbocycles. The number of rotatable bonds is 3. The van der Waals surface area contributed by atoms with Gasteiger partial charge in [-0.25, -0.2) is 0 Å². The van der Waals surface area contributed by atoms with Crippen LogP contribution >= 0.6 is 0 Å². The highest BCUT2D eigenvalue weighted by molar-refractivity contribution is 5.73. The van der Waals surface area contributed by atoms with Crippen LogP contribution in [0.5, 0.6) is 0 Å². The molecule has 2 N–H and O–H groups in total. The van der Waals surface area contributed by atoms with Gasteiger partial charge in [0.15, 0.2) is 0 Å². The molecule has 0 fully saturated rings. The third-order valence-corrected chi connectivity index (χ3v) is 4.27. The van der Waals surface area contributed by atoms with Gasteiger partial charge in [-0.15, -0.1) is 0 Å². The smallest absolute Gasteiger partial charge is 0.0373 e. The second kappa shape index (κ2) is 5.93.